The summed E-state index contributed by atoms with van der Waals surface area (Å²) in [6.45, 7) is 2.14. The van der Waals surface area contributed by atoms with E-state index in [0.29, 0.717) is 0 Å². The first kappa shape index (κ1) is 15.5. The lowest BCUT2D eigenvalue weighted by atomic mass is 9.62. The highest BCUT2D eigenvalue weighted by Gasteiger charge is 2.50. The number of hydrogen-bond donors (Lipinski definition) is 1. The molecule has 2 aromatic carbocycles. The Hall–Kier alpha value is -2.00. The van der Waals surface area contributed by atoms with Crippen molar-refractivity contribution < 1.29 is 0 Å². The minimum Gasteiger partial charge on any atom is -0.335 e. The monoisotopic (exact) mass is 339 g/mol. The third-order valence-electron chi connectivity index (χ3n) is 5.59. The fraction of sp³-hybridized carbons (Fsp3) is 0.350. The predicted molar refractivity (Wildman–Crippen MR) is 99.4 cm³/mol. The summed E-state index contributed by atoms with van der Waals surface area (Å²) < 4.78 is 0. The van der Waals surface area contributed by atoms with Crippen molar-refractivity contribution in [2.75, 3.05) is 7.05 Å². The van der Waals surface area contributed by atoms with Gasteiger partial charge in [0.2, 0.25) is 0 Å². The maximum absolute atomic E-state index is 6.08. The third-order valence-corrected chi connectivity index (χ3v) is 5.84. The zero-order chi connectivity index (χ0) is 16.7. The van der Waals surface area contributed by atoms with E-state index in [-0.39, 0.29) is 11.6 Å². The molecule has 0 aromatic heterocycles. The molecule has 1 unspecified atom stereocenters. The van der Waals surface area contributed by atoms with Crippen LogP contribution in [-0.4, -0.2) is 23.9 Å². The molecular weight excluding hydrogens is 318 g/mol. The van der Waals surface area contributed by atoms with Crippen LogP contribution in [0.2, 0.25) is 5.02 Å². The molecule has 4 heteroatoms. The lowest BCUT2D eigenvalue weighted by molar-refractivity contribution is 0.111. The van der Waals surface area contributed by atoms with Gasteiger partial charge in [0.25, 0.3) is 0 Å². The van der Waals surface area contributed by atoms with E-state index in [1.807, 2.05) is 12.1 Å². The summed E-state index contributed by atoms with van der Waals surface area (Å²) in [7, 11) is 2.14. The molecule has 2 aliphatic rings. The molecule has 4 rings (SSSR count). The molecule has 1 saturated carbocycles. The number of aryl methyl sites for hydroxylation is 1. The molecule has 0 saturated heterocycles. The molecular formula is C20H22ClN3. The summed E-state index contributed by atoms with van der Waals surface area (Å²) in [5.74, 6) is 1.03. The minimum absolute atomic E-state index is 0.104. The van der Waals surface area contributed by atoms with Gasteiger partial charge in [-0.1, -0.05) is 54.4 Å². The Bertz CT molecular complexity index is 778. The molecule has 1 aliphatic heterocycles. The number of benzene rings is 2. The number of rotatable bonds is 3. The largest absolute Gasteiger partial charge is 0.335 e. The highest BCUT2D eigenvalue weighted by Crippen LogP contribution is 2.48. The Kier molecular flexibility index (Phi) is 3.76. The number of likely N-dealkylation sites (N-methyl/N-ethyl adjacent to an activating group) is 1. The molecule has 1 aliphatic carbocycles. The molecule has 2 aromatic rings. The molecule has 0 bridgehead atoms. The summed E-state index contributed by atoms with van der Waals surface area (Å²) in [6, 6.07) is 16.8. The number of amidine groups is 1. The molecule has 3 nitrogen and oxygen atoms in total. The Morgan fingerprint density at radius 2 is 1.83 bits per heavy atom. The zero-order valence-electron chi connectivity index (χ0n) is 14.1. The Labute approximate surface area is 148 Å². The fourth-order valence-electron chi connectivity index (χ4n) is 4.04. The van der Waals surface area contributed by atoms with Crippen molar-refractivity contribution in [2.24, 2.45) is 5.10 Å². The van der Waals surface area contributed by atoms with Crippen LogP contribution in [0.25, 0.3) is 0 Å². The maximum Gasteiger partial charge on any atom is 0.157 e. The normalized spacial score (nSPS) is 21.9. The summed E-state index contributed by atoms with van der Waals surface area (Å²) in [5, 5.41) is 5.48. The standard InChI is InChI=1S/C20H22ClN3/c1-14-6-3-4-7-17(14)18-22-23-19(24(18)2)20(12-5-13-20)15-8-10-16(21)11-9-15/h3-4,6-11,19,23H,5,12-13H2,1-2H3. The fourth-order valence-corrected chi connectivity index (χ4v) is 4.16. The van der Waals surface area contributed by atoms with Gasteiger partial charge in [-0.2, -0.15) is 5.10 Å². The van der Waals surface area contributed by atoms with Crippen LogP contribution >= 0.6 is 11.6 Å². The van der Waals surface area contributed by atoms with E-state index in [1.165, 1.54) is 36.0 Å². The Morgan fingerprint density at radius 3 is 2.46 bits per heavy atom. The van der Waals surface area contributed by atoms with E-state index in [2.05, 4.69) is 65.8 Å². The predicted octanol–water partition coefficient (Wildman–Crippen LogP) is 4.29. The van der Waals surface area contributed by atoms with E-state index in [0.717, 1.165) is 10.9 Å². The first-order valence-corrected chi connectivity index (χ1v) is 8.88. The second kappa shape index (κ2) is 5.82. The molecule has 1 N–H and O–H groups in total. The molecule has 0 amide bonds. The van der Waals surface area contributed by atoms with Gasteiger partial charge in [0.15, 0.2) is 5.84 Å². The van der Waals surface area contributed by atoms with Crippen molar-refractivity contribution in [1.82, 2.24) is 10.3 Å². The summed E-state index contributed by atoms with van der Waals surface area (Å²) in [5.41, 5.74) is 7.32. The van der Waals surface area contributed by atoms with Crippen LogP contribution in [0.5, 0.6) is 0 Å². The van der Waals surface area contributed by atoms with Gasteiger partial charge >= 0.3 is 0 Å². The van der Waals surface area contributed by atoms with Crippen LogP contribution in [0.3, 0.4) is 0 Å². The first-order chi connectivity index (χ1) is 11.6. The molecule has 24 heavy (non-hydrogen) atoms. The molecule has 1 fully saturated rings. The second-order valence-corrected chi connectivity index (χ2v) is 7.35. The van der Waals surface area contributed by atoms with Crippen molar-refractivity contribution in [3.63, 3.8) is 0 Å². The topological polar surface area (TPSA) is 27.6 Å². The van der Waals surface area contributed by atoms with Gasteiger partial charge in [0.05, 0.1) is 0 Å². The van der Waals surface area contributed by atoms with Crippen LogP contribution in [0, 0.1) is 6.92 Å². The SMILES string of the molecule is Cc1ccccc1C1=NNC(C2(c3ccc(Cl)cc3)CCC2)N1C. The van der Waals surface area contributed by atoms with E-state index in [4.69, 9.17) is 11.6 Å². The van der Waals surface area contributed by atoms with Crippen molar-refractivity contribution in [1.29, 1.82) is 0 Å². The number of halogens is 1. The smallest absolute Gasteiger partial charge is 0.157 e. The average molecular weight is 340 g/mol. The average Bonchev–Trinajstić information content (AvgIpc) is 2.91. The van der Waals surface area contributed by atoms with E-state index < -0.39 is 0 Å². The van der Waals surface area contributed by atoms with Crippen molar-refractivity contribution in [2.45, 2.75) is 37.8 Å². The van der Waals surface area contributed by atoms with Crippen LogP contribution in [0.15, 0.2) is 53.6 Å². The number of nitrogens with zero attached hydrogens (tertiary/aromatic N) is 2. The van der Waals surface area contributed by atoms with Crippen LogP contribution in [0.4, 0.5) is 0 Å². The number of hydrazone groups is 1. The van der Waals surface area contributed by atoms with Gasteiger partial charge in [-0.05, 0) is 43.0 Å². The van der Waals surface area contributed by atoms with Gasteiger partial charge in [0.1, 0.15) is 6.17 Å². The highest BCUT2D eigenvalue weighted by atomic mass is 35.5. The van der Waals surface area contributed by atoms with Crippen LogP contribution < -0.4 is 5.43 Å². The second-order valence-electron chi connectivity index (χ2n) is 6.91. The molecule has 0 radical (unpaired) electrons. The van der Waals surface area contributed by atoms with Gasteiger partial charge in [-0.3, -0.25) is 5.43 Å². The zero-order valence-corrected chi connectivity index (χ0v) is 14.8. The maximum atomic E-state index is 6.08. The lowest BCUT2D eigenvalue weighted by Crippen LogP contribution is -2.57. The molecule has 124 valence electrons. The first-order valence-electron chi connectivity index (χ1n) is 8.50. The van der Waals surface area contributed by atoms with Crippen LogP contribution in [-0.2, 0) is 5.41 Å². The molecule has 0 spiro atoms. The minimum atomic E-state index is 0.104. The van der Waals surface area contributed by atoms with E-state index in [1.54, 1.807) is 0 Å². The summed E-state index contributed by atoms with van der Waals surface area (Å²) in [4.78, 5) is 2.30. The van der Waals surface area contributed by atoms with Crippen molar-refractivity contribution >= 4 is 17.4 Å². The Morgan fingerprint density at radius 1 is 1.12 bits per heavy atom. The third kappa shape index (κ3) is 2.30. The number of nitrogens with one attached hydrogen (secondary N) is 1. The molecule has 1 atom stereocenters. The van der Waals surface area contributed by atoms with Crippen molar-refractivity contribution in [3.8, 4) is 0 Å². The lowest BCUT2D eigenvalue weighted by Gasteiger charge is -2.49. The number of hydrogen-bond acceptors (Lipinski definition) is 3. The Balaban J connectivity index is 1.66. The van der Waals surface area contributed by atoms with Gasteiger partial charge in [-0.15, -0.1) is 0 Å². The van der Waals surface area contributed by atoms with E-state index >= 15 is 0 Å². The van der Waals surface area contributed by atoms with Gasteiger partial charge < -0.3 is 4.90 Å². The van der Waals surface area contributed by atoms with Gasteiger partial charge in [0, 0.05) is 23.0 Å². The quantitative estimate of drug-likeness (QED) is 0.903. The van der Waals surface area contributed by atoms with Gasteiger partial charge in [-0.25, -0.2) is 0 Å². The summed E-state index contributed by atoms with van der Waals surface area (Å²) >= 11 is 6.08. The van der Waals surface area contributed by atoms with Crippen LogP contribution in [0.1, 0.15) is 36.0 Å². The summed E-state index contributed by atoms with van der Waals surface area (Å²) in [6.07, 6.45) is 3.79. The van der Waals surface area contributed by atoms with E-state index in [9.17, 15) is 0 Å². The molecule has 1 heterocycles. The highest BCUT2D eigenvalue weighted by molar-refractivity contribution is 6.30. The van der Waals surface area contributed by atoms with Crippen molar-refractivity contribution in [3.05, 3.63) is 70.2 Å².